The van der Waals surface area contributed by atoms with Crippen molar-refractivity contribution in [1.82, 2.24) is 9.97 Å². The zero-order chi connectivity index (χ0) is 9.97. The zero-order valence-corrected chi connectivity index (χ0v) is 10.2. The van der Waals surface area contributed by atoms with E-state index < -0.39 is 0 Å². The van der Waals surface area contributed by atoms with Crippen LogP contribution in [0.15, 0.2) is 28.3 Å². The summed E-state index contributed by atoms with van der Waals surface area (Å²) in [6, 6.07) is 3.87. The number of hydrogen-bond donors (Lipinski definition) is 0. The van der Waals surface area contributed by atoms with Gasteiger partial charge in [-0.25, -0.2) is 4.98 Å². The Balaban J connectivity index is 2.46. The Labute approximate surface area is 99.1 Å². The van der Waals surface area contributed by atoms with Gasteiger partial charge in [-0.1, -0.05) is 0 Å². The van der Waals surface area contributed by atoms with E-state index in [0.29, 0.717) is 5.88 Å². The van der Waals surface area contributed by atoms with Crippen LogP contribution in [-0.4, -0.2) is 9.97 Å². The first-order valence-electron chi connectivity index (χ1n) is 3.93. The van der Waals surface area contributed by atoms with E-state index in [4.69, 9.17) is 11.6 Å². The van der Waals surface area contributed by atoms with Crippen LogP contribution in [0.3, 0.4) is 0 Å². The standard InChI is InChI=1S/C9H6BrClN2S/c10-9-8(13-7(4-11)14-9)6-2-1-3-12-5-6/h1-3,5H,4H2. The van der Waals surface area contributed by atoms with Gasteiger partial charge in [0.1, 0.15) is 5.01 Å². The van der Waals surface area contributed by atoms with Crippen LogP contribution < -0.4 is 0 Å². The number of aromatic nitrogens is 2. The van der Waals surface area contributed by atoms with E-state index in [2.05, 4.69) is 25.9 Å². The van der Waals surface area contributed by atoms with Crippen molar-refractivity contribution < 1.29 is 0 Å². The molecule has 0 spiro atoms. The average molecular weight is 290 g/mol. The van der Waals surface area contributed by atoms with Crippen LogP contribution >= 0.6 is 38.9 Å². The minimum Gasteiger partial charge on any atom is -0.264 e. The van der Waals surface area contributed by atoms with E-state index in [1.807, 2.05) is 12.1 Å². The molecule has 14 heavy (non-hydrogen) atoms. The summed E-state index contributed by atoms with van der Waals surface area (Å²) < 4.78 is 1.00. The summed E-state index contributed by atoms with van der Waals surface area (Å²) in [7, 11) is 0. The Bertz CT molecular complexity index is 430. The molecule has 0 fully saturated rings. The first kappa shape index (κ1) is 10.1. The fourth-order valence-corrected chi connectivity index (χ4v) is 2.84. The molecule has 72 valence electrons. The van der Waals surface area contributed by atoms with Crippen molar-refractivity contribution in [3.05, 3.63) is 33.3 Å². The quantitative estimate of drug-likeness (QED) is 0.788. The number of alkyl halides is 1. The van der Waals surface area contributed by atoms with E-state index in [1.165, 1.54) is 0 Å². The van der Waals surface area contributed by atoms with Gasteiger partial charge >= 0.3 is 0 Å². The molecule has 2 rings (SSSR count). The minimum absolute atomic E-state index is 0.448. The van der Waals surface area contributed by atoms with Gasteiger partial charge in [0, 0.05) is 18.0 Å². The van der Waals surface area contributed by atoms with Gasteiger partial charge in [0.25, 0.3) is 0 Å². The fraction of sp³-hybridized carbons (Fsp3) is 0.111. The van der Waals surface area contributed by atoms with Gasteiger partial charge in [0.2, 0.25) is 0 Å². The van der Waals surface area contributed by atoms with Crippen molar-refractivity contribution in [2.75, 3.05) is 0 Å². The number of halogens is 2. The largest absolute Gasteiger partial charge is 0.264 e. The molecule has 0 saturated heterocycles. The van der Waals surface area contributed by atoms with Crippen molar-refractivity contribution in [2.45, 2.75) is 5.88 Å². The number of rotatable bonds is 2. The lowest BCUT2D eigenvalue weighted by molar-refractivity contribution is 1.24. The molecule has 2 aromatic heterocycles. The molecule has 5 heteroatoms. The lowest BCUT2D eigenvalue weighted by Crippen LogP contribution is -1.81. The summed E-state index contributed by atoms with van der Waals surface area (Å²) in [5, 5.41) is 0.914. The highest BCUT2D eigenvalue weighted by Gasteiger charge is 2.09. The predicted octanol–water partition coefficient (Wildman–Crippen LogP) is 3.71. The molecule has 0 amide bonds. The molecule has 2 nitrogen and oxygen atoms in total. The van der Waals surface area contributed by atoms with Crippen molar-refractivity contribution in [2.24, 2.45) is 0 Å². The second-order valence-corrected chi connectivity index (χ2v) is 5.27. The molecule has 0 unspecified atom stereocenters. The molecular weight excluding hydrogens is 284 g/mol. The Morgan fingerprint density at radius 1 is 1.50 bits per heavy atom. The molecule has 0 atom stereocenters. The van der Waals surface area contributed by atoms with Gasteiger partial charge in [-0.2, -0.15) is 0 Å². The third kappa shape index (κ3) is 1.97. The summed E-state index contributed by atoms with van der Waals surface area (Å²) in [6.07, 6.45) is 3.53. The predicted molar refractivity (Wildman–Crippen MR) is 62.6 cm³/mol. The van der Waals surface area contributed by atoms with E-state index in [0.717, 1.165) is 20.1 Å². The lowest BCUT2D eigenvalue weighted by Gasteiger charge is -1.94. The van der Waals surface area contributed by atoms with Crippen LogP contribution in [-0.2, 0) is 5.88 Å². The summed E-state index contributed by atoms with van der Waals surface area (Å²) in [4.78, 5) is 8.45. The molecule has 0 aliphatic rings. The van der Waals surface area contributed by atoms with Crippen LogP contribution in [0.5, 0.6) is 0 Å². The second-order valence-electron chi connectivity index (χ2n) is 2.61. The van der Waals surface area contributed by atoms with Crippen molar-refractivity contribution in [1.29, 1.82) is 0 Å². The Morgan fingerprint density at radius 2 is 2.36 bits per heavy atom. The highest BCUT2D eigenvalue weighted by molar-refractivity contribution is 9.11. The molecule has 0 aliphatic carbocycles. The Hall–Kier alpha value is -0.450. The Morgan fingerprint density at radius 3 is 2.93 bits per heavy atom. The molecule has 0 aliphatic heterocycles. The van der Waals surface area contributed by atoms with Crippen molar-refractivity contribution in [3.8, 4) is 11.3 Å². The molecule has 2 aromatic rings. The topological polar surface area (TPSA) is 25.8 Å². The van der Waals surface area contributed by atoms with Crippen LogP contribution in [0.2, 0.25) is 0 Å². The second kappa shape index (κ2) is 4.38. The van der Waals surface area contributed by atoms with Crippen LogP contribution in [0.4, 0.5) is 0 Å². The van der Waals surface area contributed by atoms with Crippen LogP contribution in [0.25, 0.3) is 11.3 Å². The summed E-state index contributed by atoms with van der Waals surface area (Å²) in [5.74, 6) is 0.448. The third-order valence-corrected chi connectivity index (χ3v) is 3.80. The van der Waals surface area contributed by atoms with Crippen LogP contribution in [0, 0.1) is 0 Å². The van der Waals surface area contributed by atoms with Crippen molar-refractivity contribution >= 4 is 38.9 Å². The molecular formula is C9H6BrClN2S. The molecule has 0 saturated carbocycles. The minimum atomic E-state index is 0.448. The maximum atomic E-state index is 5.71. The monoisotopic (exact) mass is 288 g/mol. The third-order valence-electron chi connectivity index (χ3n) is 1.68. The molecule has 0 N–H and O–H groups in total. The van der Waals surface area contributed by atoms with E-state index in [-0.39, 0.29) is 0 Å². The molecule has 0 aromatic carbocycles. The summed E-state index contributed by atoms with van der Waals surface area (Å²) in [5.41, 5.74) is 1.92. The lowest BCUT2D eigenvalue weighted by atomic mass is 10.2. The average Bonchev–Trinajstić information content (AvgIpc) is 2.61. The number of thiazole rings is 1. The first-order chi connectivity index (χ1) is 6.81. The highest BCUT2D eigenvalue weighted by Crippen LogP contribution is 2.32. The number of pyridine rings is 1. The number of hydrogen-bond acceptors (Lipinski definition) is 3. The SMILES string of the molecule is ClCc1nc(-c2cccnc2)c(Br)s1. The highest BCUT2D eigenvalue weighted by atomic mass is 79.9. The Kier molecular flexibility index (Phi) is 3.15. The summed E-state index contributed by atoms with van der Waals surface area (Å²) >= 11 is 10.7. The maximum Gasteiger partial charge on any atom is 0.109 e. The van der Waals surface area contributed by atoms with Gasteiger partial charge in [0.15, 0.2) is 0 Å². The first-order valence-corrected chi connectivity index (χ1v) is 6.07. The number of nitrogens with zero attached hydrogens (tertiary/aromatic N) is 2. The van der Waals surface area contributed by atoms with Gasteiger partial charge in [-0.05, 0) is 28.1 Å². The molecule has 2 heterocycles. The van der Waals surface area contributed by atoms with Gasteiger partial charge in [-0.3, -0.25) is 4.98 Å². The summed E-state index contributed by atoms with van der Waals surface area (Å²) in [6.45, 7) is 0. The van der Waals surface area contributed by atoms with Crippen LogP contribution in [0.1, 0.15) is 5.01 Å². The molecule has 0 bridgehead atoms. The van der Waals surface area contributed by atoms with Crippen molar-refractivity contribution in [3.63, 3.8) is 0 Å². The molecule has 0 radical (unpaired) electrons. The van der Waals surface area contributed by atoms with E-state index >= 15 is 0 Å². The van der Waals surface area contributed by atoms with E-state index in [9.17, 15) is 0 Å². The fourth-order valence-electron chi connectivity index (χ4n) is 1.08. The normalized spacial score (nSPS) is 10.4. The smallest absolute Gasteiger partial charge is 0.109 e. The van der Waals surface area contributed by atoms with E-state index in [1.54, 1.807) is 23.7 Å². The zero-order valence-electron chi connectivity index (χ0n) is 7.08. The maximum absolute atomic E-state index is 5.71. The van der Waals surface area contributed by atoms with Gasteiger partial charge in [0.05, 0.1) is 15.4 Å². The van der Waals surface area contributed by atoms with Gasteiger partial charge < -0.3 is 0 Å². The van der Waals surface area contributed by atoms with Gasteiger partial charge in [-0.15, -0.1) is 22.9 Å².